The number of nitrogens with zero attached hydrogens (tertiary/aromatic N) is 1. The van der Waals surface area contributed by atoms with E-state index in [1.165, 1.54) is 12.1 Å². The predicted octanol–water partition coefficient (Wildman–Crippen LogP) is 4.82. The van der Waals surface area contributed by atoms with Crippen LogP contribution in [0.15, 0.2) is 46.9 Å². The summed E-state index contributed by atoms with van der Waals surface area (Å²) in [6.07, 6.45) is 0. The van der Waals surface area contributed by atoms with Crippen molar-refractivity contribution in [2.24, 2.45) is 0 Å². The molecule has 3 aromatic rings. The van der Waals surface area contributed by atoms with E-state index in [2.05, 4.69) is 5.32 Å². The number of hydrogen-bond donors (Lipinski definition) is 1. The van der Waals surface area contributed by atoms with Crippen LogP contribution in [0.3, 0.4) is 0 Å². The molecule has 4 rings (SSSR count). The maximum atomic E-state index is 13.3. The normalized spacial score (nSPS) is 14.6. The fourth-order valence-corrected chi connectivity index (χ4v) is 3.24. The Morgan fingerprint density at radius 2 is 2.00 bits per heavy atom. The van der Waals surface area contributed by atoms with Gasteiger partial charge in [0.05, 0.1) is 0 Å². The van der Waals surface area contributed by atoms with Crippen LogP contribution in [0.5, 0.6) is 0 Å². The number of anilines is 1. The van der Waals surface area contributed by atoms with Crippen molar-refractivity contribution in [3.63, 3.8) is 0 Å². The first-order chi connectivity index (χ1) is 12.0. The van der Waals surface area contributed by atoms with Crippen LogP contribution in [0, 0.1) is 19.7 Å². The Bertz CT molecular complexity index is 957. The largest absolute Gasteiger partial charge is 0.461 e. The summed E-state index contributed by atoms with van der Waals surface area (Å²) >= 11 is 0. The average Bonchev–Trinajstić information content (AvgIpc) is 2.81. The standard InChI is InChI=1S/C20H19FN2O2/c1-12-13(2)25-19-7-6-17(9-18(12)19)22-20(24)23-10-15(11-23)14-4-3-5-16(21)8-14/h3-9,15H,10-11H2,1-2H3,(H,22,24). The molecule has 1 aromatic heterocycles. The number of amides is 2. The van der Waals surface area contributed by atoms with E-state index in [-0.39, 0.29) is 17.8 Å². The summed E-state index contributed by atoms with van der Waals surface area (Å²) in [6, 6.07) is 12.1. The number of urea groups is 1. The van der Waals surface area contributed by atoms with Crippen LogP contribution in [-0.4, -0.2) is 24.0 Å². The van der Waals surface area contributed by atoms with Gasteiger partial charge in [-0.05, 0) is 55.3 Å². The number of halogens is 1. The van der Waals surface area contributed by atoms with Gasteiger partial charge in [-0.2, -0.15) is 0 Å². The maximum absolute atomic E-state index is 13.3. The van der Waals surface area contributed by atoms with Crippen LogP contribution < -0.4 is 5.32 Å². The summed E-state index contributed by atoms with van der Waals surface area (Å²) in [5, 5.41) is 3.94. The summed E-state index contributed by atoms with van der Waals surface area (Å²) in [4.78, 5) is 14.1. The molecule has 0 aliphatic carbocycles. The Morgan fingerprint density at radius 1 is 1.20 bits per heavy atom. The second-order valence-electron chi connectivity index (χ2n) is 6.58. The Labute approximate surface area is 145 Å². The molecule has 25 heavy (non-hydrogen) atoms. The Balaban J connectivity index is 1.42. The van der Waals surface area contributed by atoms with Crippen LogP contribution in [0.4, 0.5) is 14.9 Å². The first-order valence-electron chi connectivity index (χ1n) is 8.32. The molecule has 1 N–H and O–H groups in total. The van der Waals surface area contributed by atoms with E-state index in [4.69, 9.17) is 4.42 Å². The van der Waals surface area contributed by atoms with Crippen molar-refractivity contribution >= 4 is 22.7 Å². The highest BCUT2D eigenvalue weighted by atomic mass is 19.1. The van der Waals surface area contributed by atoms with E-state index in [1.807, 2.05) is 38.1 Å². The molecule has 5 heteroatoms. The fourth-order valence-electron chi connectivity index (χ4n) is 3.24. The summed E-state index contributed by atoms with van der Waals surface area (Å²) < 4.78 is 18.9. The Hall–Kier alpha value is -2.82. The number of carbonyl (C=O) groups is 1. The number of aryl methyl sites for hydroxylation is 2. The van der Waals surface area contributed by atoms with Crippen LogP contribution in [0.2, 0.25) is 0 Å². The highest BCUT2D eigenvalue weighted by Crippen LogP contribution is 2.30. The number of likely N-dealkylation sites (tertiary alicyclic amines) is 1. The number of rotatable bonds is 2. The molecule has 0 saturated carbocycles. The van der Waals surface area contributed by atoms with Crippen LogP contribution >= 0.6 is 0 Å². The number of carbonyl (C=O) groups excluding carboxylic acids is 1. The Kier molecular flexibility index (Phi) is 3.71. The predicted molar refractivity (Wildman–Crippen MR) is 95.4 cm³/mol. The van der Waals surface area contributed by atoms with Crippen molar-refractivity contribution in [1.29, 1.82) is 0 Å². The minimum absolute atomic E-state index is 0.134. The van der Waals surface area contributed by atoms with E-state index >= 15 is 0 Å². The number of nitrogens with one attached hydrogen (secondary N) is 1. The summed E-state index contributed by atoms with van der Waals surface area (Å²) in [5.74, 6) is 0.848. The molecule has 2 amide bonds. The summed E-state index contributed by atoms with van der Waals surface area (Å²) in [6.45, 7) is 5.13. The fraction of sp³-hybridized carbons (Fsp3) is 0.250. The summed E-state index contributed by atoms with van der Waals surface area (Å²) in [7, 11) is 0. The van der Waals surface area contributed by atoms with Gasteiger partial charge in [-0.15, -0.1) is 0 Å². The molecular formula is C20H19FN2O2. The third kappa shape index (κ3) is 2.86. The van der Waals surface area contributed by atoms with Gasteiger partial charge in [0.25, 0.3) is 0 Å². The van der Waals surface area contributed by atoms with Crippen molar-refractivity contribution in [3.05, 3.63) is 65.2 Å². The molecule has 0 bridgehead atoms. The molecule has 128 valence electrons. The second-order valence-corrected chi connectivity index (χ2v) is 6.58. The lowest BCUT2D eigenvalue weighted by molar-refractivity contribution is 0.164. The van der Waals surface area contributed by atoms with Gasteiger partial charge in [0.1, 0.15) is 17.2 Å². The molecule has 2 aromatic carbocycles. The first kappa shape index (κ1) is 15.7. The lowest BCUT2D eigenvalue weighted by Crippen LogP contribution is -2.50. The zero-order valence-electron chi connectivity index (χ0n) is 14.2. The first-order valence-corrected chi connectivity index (χ1v) is 8.32. The average molecular weight is 338 g/mol. The minimum atomic E-state index is -0.237. The number of benzene rings is 2. The van der Waals surface area contributed by atoms with Crippen molar-refractivity contribution in [2.75, 3.05) is 18.4 Å². The van der Waals surface area contributed by atoms with Crippen molar-refractivity contribution < 1.29 is 13.6 Å². The van der Waals surface area contributed by atoms with Crippen LogP contribution in [0.25, 0.3) is 11.0 Å². The van der Waals surface area contributed by atoms with Crippen molar-refractivity contribution in [2.45, 2.75) is 19.8 Å². The monoisotopic (exact) mass is 338 g/mol. The molecule has 2 heterocycles. The second kappa shape index (κ2) is 5.92. The number of hydrogen-bond acceptors (Lipinski definition) is 2. The zero-order chi connectivity index (χ0) is 17.6. The van der Waals surface area contributed by atoms with Crippen molar-refractivity contribution in [3.8, 4) is 0 Å². The lowest BCUT2D eigenvalue weighted by Gasteiger charge is -2.39. The molecule has 1 fully saturated rings. The van der Waals surface area contributed by atoms with E-state index in [0.29, 0.717) is 13.1 Å². The molecule has 4 nitrogen and oxygen atoms in total. The van der Waals surface area contributed by atoms with Gasteiger partial charge in [-0.1, -0.05) is 12.1 Å². The topological polar surface area (TPSA) is 45.5 Å². The van der Waals surface area contributed by atoms with Gasteiger partial charge < -0.3 is 14.6 Å². The van der Waals surface area contributed by atoms with Crippen LogP contribution in [0.1, 0.15) is 22.8 Å². The van der Waals surface area contributed by atoms with E-state index in [9.17, 15) is 9.18 Å². The minimum Gasteiger partial charge on any atom is -0.461 e. The zero-order valence-corrected chi connectivity index (χ0v) is 14.2. The van der Waals surface area contributed by atoms with Crippen LogP contribution in [-0.2, 0) is 0 Å². The van der Waals surface area contributed by atoms with Gasteiger partial charge in [-0.3, -0.25) is 0 Å². The molecule has 0 radical (unpaired) electrons. The SMILES string of the molecule is Cc1oc2ccc(NC(=O)N3CC(c4cccc(F)c4)C3)cc2c1C. The molecule has 1 saturated heterocycles. The quantitative estimate of drug-likeness (QED) is 0.728. The Morgan fingerprint density at radius 3 is 2.76 bits per heavy atom. The molecule has 1 aliphatic heterocycles. The highest BCUT2D eigenvalue weighted by molar-refractivity contribution is 5.93. The third-order valence-corrected chi connectivity index (χ3v) is 4.91. The highest BCUT2D eigenvalue weighted by Gasteiger charge is 2.31. The number of fused-ring (bicyclic) bond motifs is 1. The maximum Gasteiger partial charge on any atom is 0.321 e. The molecule has 0 unspecified atom stereocenters. The number of furan rings is 1. The van der Waals surface area contributed by atoms with Gasteiger partial charge in [0.2, 0.25) is 0 Å². The van der Waals surface area contributed by atoms with Gasteiger partial charge in [0, 0.05) is 30.1 Å². The smallest absolute Gasteiger partial charge is 0.321 e. The van der Waals surface area contributed by atoms with Gasteiger partial charge >= 0.3 is 6.03 Å². The van der Waals surface area contributed by atoms with E-state index in [1.54, 1.807) is 11.0 Å². The molecule has 0 spiro atoms. The van der Waals surface area contributed by atoms with Gasteiger partial charge in [0.15, 0.2) is 0 Å². The van der Waals surface area contributed by atoms with Crippen molar-refractivity contribution in [1.82, 2.24) is 4.90 Å². The molecular weight excluding hydrogens is 319 g/mol. The molecule has 1 aliphatic rings. The summed E-state index contributed by atoms with van der Waals surface area (Å²) in [5.41, 5.74) is 3.59. The lowest BCUT2D eigenvalue weighted by atomic mass is 9.92. The van der Waals surface area contributed by atoms with E-state index < -0.39 is 0 Å². The van der Waals surface area contributed by atoms with E-state index in [0.717, 1.165) is 33.5 Å². The third-order valence-electron chi connectivity index (χ3n) is 4.91. The molecule has 0 atom stereocenters. The van der Waals surface area contributed by atoms with Gasteiger partial charge in [-0.25, -0.2) is 9.18 Å².